The number of nitrogens with zero attached hydrogens (tertiary/aromatic N) is 2. The van der Waals surface area contributed by atoms with E-state index in [-0.39, 0.29) is 11.3 Å². The van der Waals surface area contributed by atoms with Gasteiger partial charge in [-0.2, -0.15) is 4.98 Å². The van der Waals surface area contributed by atoms with Crippen LogP contribution in [-0.2, 0) is 6.54 Å². The van der Waals surface area contributed by atoms with Crippen LogP contribution in [0.3, 0.4) is 0 Å². The topological polar surface area (TPSA) is 114 Å². The largest absolute Gasteiger partial charge is 0.478 e. The number of hydrogen-bond donors (Lipinski definition) is 3. The first kappa shape index (κ1) is 12.9. The Balaban J connectivity index is 2.19. The lowest BCUT2D eigenvalue weighted by atomic mass is 10.1. The second-order valence-electron chi connectivity index (χ2n) is 4.15. The lowest BCUT2D eigenvalue weighted by molar-refractivity contribution is 0.0698. The van der Waals surface area contributed by atoms with Crippen molar-refractivity contribution in [3.63, 3.8) is 0 Å². The summed E-state index contributed by atoms with van der Waals surface area (Å²) in [5, 5.41) is 15.7. The number of carboxylic acids is 1. The summed E-state index contributed by atoms with van der Waals surface area (Å²) in [5.41, 5.74) is 7.39. The van der Waals surface area contributed by atoms with Gasteiger partial charge in [-0.15, -0.1) is 0 Å². The van der Waals surface area contributed by atoms with Gasteiger partial charge in [0.05, 0.1) is 12.1 Å². The summed E-state index contributed by atoms with van der Waals surface area (Å²) in [6.45, 7) is 3.80. The standard InChI is InChI=1S/C12H14N4O3/c1-6-3-8(4-9(11(6)13)12(17)18)14-5-10-15-7(2)16-19-10/h3-4,14H,5,13H2,1-2H3,(H,17,18). The Morgan fingerprint density at radius 3 is 2.79 bits per heavy atom. The number of benzene rings is 1. The maximum atomic E-state index is 11.1. The number of aromatic carboxylic acids is 1. The molecule has 1 aromatic heterocycles. The Hall–Kier alpha value is -2.57. The Bertz CT molecular complexity index is 621. The molecule has 0 bridgehead atoms. The van der Waals surface area contributed by atoms with Crippen LogP contribution < -0.4 is 11.1 Å². The number of hydrogen-bond acceptors (Lipinski definition) is 6. The van der Waals surface area contributed by atoms with Gasteiger partial charge in [-0.25, -0.2) is 4.79 Å². The molecule has 7 heteroatoms. The number of aromatic nitrogens is 2. The minimum absolute atomic E-state index is 0.0733. The van der Waals surface area contributed by atoms with Crippen LogP contribution in [-0.4, -0.2) is 21.2 Å². The molecule has 4 N–H and O–H groups in total. The molecule has 2 aromatic rings. The van der Waals surface area contributed by atoms with E-state index < -0.39 is 5.97 Å². The molecule has 19 heavy (non-hydrogen) atoms. The van der Waals surface area contributed by atoms with E-state index in [1.807, 2.05) is 0 Å². The molecule has 0 saturated carbocycles. The van der Waals surface area contributed by atoms with E-state index in [1.165, 1.54) is 6.07 Å². The van der Waals surface area contributed by atoms with Gasteiger partial charge in [0, 0.05) is 11.4 Å². The molecule has 7 nitrogen and oxygen atoms in total. The number of nitrogens with two attached hydrogens (primary N) is 1. The normalized spacial score (nSPS) is 10.4. The predicted molar refractivity (Wildman–Crippen MR) is 68.9 cm³/mol. The Labute approximate surface area is 109 Å². The molecular weight excluding hydrogens is 248 g/mol. The molecule has 0 aliphatic rings. The lowest BCUT2D eigenvalue weighted by Gasteiger charge is -2.09. The zero-order chi connectivity index (χ0) is 14.0. The van der Waals surface area contributed by atoms with Crippen LogP contribution in [0.15, 0.2) is 16.7 Å². The summed E-state index contributed by atoms with van der Waals surface area (Å²) in [4.78, 5) is 15.1. The number of nitrogen functional groups attached to an aromatic ring is 1. The first-order valence-corrected chi connectivity index (χ1v) is 5.64. The minimum Gasteiger partial charge on any atom is -0.478 e. The van der Waals surface area contributed by atoms with Crippen molar-refractivity contribution >= 4 is 17.3 Å². The van der Waals surface area contributed by atoms with E-state index in [1.54, 1.807) is 19.9 Å². The molecule has 0 saturated heterocycles. The number of nitrogens with one attached hydrogen (secondary N) is 1. The minimum atomic E-state index is -1.06. The number of rotatable bonds is 4. The number of aryl methyl sites for hydroxylation is 2. The zero-order valence-electron chi connectivity index (χ0n) is 10.6. The molecule has 0 spiro atoms. The molecule has 0 radical (unpaired) electrons. The maximum absolute atomic E-state index is 11.1. The maximum Gasteiger partial charge on any atom is 0.337 e. The summed E-state index contributed by atoms with van der Waals surface area (Å²) in [5.74, 6) is -0.0711. The van der Waals surface area contributed by atoms with Crippen molar-refractivity contribution in [2.24, 2.45) is 0 Å². The highest BCUT2D eigenvalue weighted by Gasteiger charge is 2.12. The summed E-state index contributed by atoms with van der Waals surface area (Å²) in [6.07, 6.45) is 0. The van der Waals surface area contributed by atoms with Crippen molar-refractivity contribution in [1.29, 1.82) is 0 Å². The number of anilines is 2. The van der Waals surface area contributed by atoms with Gasteiger partial charge < -0.3 is 20.7 Å². The summed E-state index contributed by atoms with van der Waals surface area (Å²) < 4.78 is 4.95. The van der Waals surface area contributed by atoms with Gasteiger partial charge in [-0.05, 0) is 31.5 Å². The van der Waals surface area contributed by atoms with Crippen molar-refractivity contribution < 1.29 is 14.4 Å². The fourth-order valence-electron chi connectivity index (χ4n) is 1.67. The Morgan fingerprint density at radius 1 is 1.47 bits per heavy atom. The molecule has 0 amide bonds. The van der Waals surface area contributed by atoms with Crippen molar-refractivity contribution in [2.45, 2.75) is 20.4 Å². The number of carbonyl (C=O) groups is 1. The fraction of sp³-hybridized carbons (Fsp3) is 0.250. The summed E-state index contributed by atoms with van der Waals surface area (Å²) in [7, 11) is 0. The van der Waals surface area contributed by atoms with Crippen LogP contribution in [0.25, 0.3) is 0 Å². The SMILES string of the molecule is Cc1noc(CNc2cc(C)c(N)c(C(=O)O)c2)n1. The average molecular weight is 262 g/mol. The van der Waals surface area contributed by atoms with Crippen LogP contribution >= 0.6 is 0 Å². The fourth-order valence-corrected chi connectivity index (χ4v) is 1.67. The van der Waals surface area contributed by atoms with Gasteiger partial charge in [0.1, 0.15) is 0 Å². The van der Waals surface area contributed by atoms with Crippen molar-refractivity contribution in [2.75, 3.05) is 11.1 Å². The molecule has 0 atom stereocenters. The van der Waals surface area contributed by atoms with Crippen LogP contribution in [0.4, 0.5) is 11.4 Å². The van der Waals surface area contributed by atoms with Gasteiger partial charge in [-0.1, -0.05) is 5.16 Å². The molecule has 0 fully saturated rings. The molecule has 1 heterocycles. The monoisotopic (exact) mass is 262 g/mol. The molecule has 1 aromatic carbocycles. The third-order valence-corrected chi connectivity index (χ3v) is 2.63. The van der Waals surface area contributed by atoms with Gasteiger partial charge in [0.15, 0.2) is 5.82 Å². The van der Waals surface area contributed by atoms with Gasteiger partial charge in [0.2, 0.25) is 5.89 Å². The van der Waals surface area contributed by atoms with E-state index in [0.717, 1.165) is 0 Å². The summed E-state index contributed by atoms with van der Waals surface area (Å²) in [6, 6.07) is 3.25. The van der Waals surface area contributed by atoms with Crippen molar-refractivity contribution in [3.05, 3.63) is 35.0 Å². The summed E-state index contributed by atoms with van der Waals surface area (Å²) >= 11 is 0. The van der Waals surface area contributed by atoms with E-state index >= 15 is 0 Å². The van der Waals surface area contributed by atoms with Crippen LogP contribution in [0, 0.1) is 13.8 Å². The van der Waals surface area contributed by atoms with Gasteiger partial charge >= 0.3 is 5.97 Å². The molecule has 100 valence electrons. The first-order valence-electron chi connectivity index (χ1n) is 5.64. The molecule has 0 aliphatic heterocycles. The van der Waals surface area contributed by atoms with E-state index in [0.29, 0.717) is 29.5 Å². The third-order valence-electron chi connectivity index (χ3n) is 2.63. The molecule has 0 unspecified atom stereocenters. The molecule has 2 rings (SSSR count). The second kappa shape index (κ2) is 4.97. The zero-order valence-corrected chi connectivity index (χ0v) is 10.6. The van der Waals surface area contributed by atoms with Crippen LogP contribution in [0.1, 0.15) is 27.6 Å². The van der Waals surface area contributed by atoms with E-state index in [2.05, 4.69) is 15.5 Å². The Kier molecular flexibility index (Phi) is 3.37. The van der Waals surface area contributed by atoms with E-state index in [9.17, 15) is 4.79 Å². The van der Waals surface area contributed by atoms with Crippen molar-refractivity contribution in [1.82, 2.24) is 10.1 Å². The third kappa shape index (κ3) is 2.82. The smallest absolute Gasteiger partial charge is 0.337 e. The number of carboxylic acid groups (broad SMARTS) is 1. The average Bonchev–Trinajstić information content (AvgIpc) is 2.76. The highest BCUT2D eigenvalue weighted by molar-refractivity contribution is 5.95. The van der Waals surface area contributed by atoms with Gasteiger partial charge in [-0.3, -0.25) is 0 Å². The molecule has 0 aliphatic carbocycles. The highest BCUT2D eigenvalue weighted by Crippen LogP contribution is 2.23. The Morgan fingerprint density at radius 2 is 2.21 bits per heavy atom. The van der Waals surface area contributed by atoms with Crippen LogP contribution in [0.5, 0.6) is 0 Å². The van der Waals surface area contributed by atoms with Gasteiger partial charge in [0.25, 0.3) is 0 Å². The van der Waals surface area contributed by atoms with Crippen LogP contribution in [0.2, 0.25) is 0 Å². The highest BCUT2D eigenvalue weighted by atomic mass is 16.5. The molecular formula is C12H14N4O3. The quantitative estimate of drug-likeness (QED) is 0.716. The van der Waals surface area contributed by atoms with E-state index in [4.69, 9.17) is 15.4 Å². The lowest BCUT2D eigenvalue weighted by Crippen LogP contribution is -2.07. The predicted octanol–water partition coefficient (Wildman–Crippen LogP) is 1.58. The second-order valence-corrected chi connectivity index (χ2v) is 4.15. The van der Waals surface area contributed by atoms with Crippen molar-refractivity contribution in [3.8, 4) is 0 Å². The first-order chi connectivity index (χ1) is 8.97.